The van der Waals surface area contributed by atoms with Crippen LogP contribution in [-0.4, -0.2) is 11.6 Å². The summed E-state index contributed by atoms with van der Waals surface area (Å²) in [7, 11) is 0. The Bertz CT molecular complexity index is 1040. The third-order valence-corrected chi connectivity index (χ3v) is 4.52. The highest BCUT2D eigenvalue weighted by Crippen LogP contribution is 2.37. The third kappa shape index (κ3) is 2.53. The first-order chi connectivity index (χ1) is 12.1. The summed E-state index contributed by atoms with van der Waals surface area (Å²) in [6, 6.07) is 17.3. The van der Waals surface area contributed by atoms with Gasteiger partial charge in [-0.05, 0) is 30.7 Å². The molecule has 0 saturated heterocycles. The Morgan fingerprint density at radius 2 is 1.44 bits per heavy atom. The van der Waals surface area contributed by atoms with E-state index in [-0.39, 0.29) is 17.1 Å². The van der Waals surface area contributed by atoms with Crippen LogP contribution in [0.25, 0.3) is 0 Å². The normalized spacial score (nSPS) is 12.6. The maximum Gasteiger partial charge on any atom is 0.198 e. The smallest absolute Gasteiger partial charge is 0.198 e. The molecule has 0 bridgehead atoms. The number of carbonyl (C=O) groups is 2. The minimum absolute atomic E-state index is 0.175. The van der Waals surface area contributed by atoms with Gasteiger partial charge in [0.1, 0.15) is 11.5 Å². The van der Waals surface area contributed by atoms with Crippen LogP contribution in [0.1, 0.15) is 37.4 Å². The number of fused-ring (bicyclic) bond motifs is 2. The zero-order chi connectivity index (χ0) is 17.6. The summed E-state index contributed by atoms with van der Waals surface area (Å²) >= 11 is 6.23. The van der Waals surface area contributed by atoms with Crippen LogP contribution in [0.15, 0.2) is 60.7 Å². The Kier molecular flexibility index (Phi) is 3.66. The van der Waals surface area contributed by atoms with Crippen molar-refractivity contribution in [2.75, 3.05) is 0 Å². The van der Waals surface area contributed by atoms with Crippen molar-refractivity contribution in [3.05, 3.63) is 93.5 Å². The highest BCUT2D eigenvalue weighted by Gasteiger charge is 2.32. The van der Waals surface area contributed by atoms with Gasteiger partial charge in [-0.1, -0.05) is 54.1 Å². The van der Waals surface area contributed by atoms with E-state index in [0.717, 1.165) is 5.56 Å². The monoisotopic (exact) mass is 348 g/mol. The average Bonchev–Trinajstić information content (AvgIpc) is 2.62. The lowest BCUT2D eigenvalue weighted by Gasteiger charge is -2.20. The molecule has 1 aliphatic carbocycles. The molecule has 1 aliphatic rings. The lowest BCUT2D eigenvalue weighted by Crippen LogP contribution is -2.21. The van der Waals surface area contributed by atoms with E-state index >= 15 is 0 Å². The molecule has 4 rings (SSSR count). The molecule has 0 spiro atoms. The lowest BCUT2D eigenvalue weighted by molar-refractivity contribution is 0.0977. The topological polar surface area (TPSA) is 43.4 Å². The Morgan fingerprint density at radius 3 is 2.16 bits per heavy atom. The SMILES string of the molecule is Cc1ccc(Oc2cccc3c2C(=O)c2ccccc2C3=O)c(Cl)c1. The fourth-order valence-electron chi connectivity index (χ4n) is 3.01. The van der Waals surface area contributed by atoms with Crippen LogP contribution in [0.3, 0.4) is 0 Å². The first-order valence-corrected chi connectivity index (χ1v) is 8.19. The second-order valence-electron chi connectivity index (χ2n) is 5.92. The van der Waals surface area contributed by atoms with Gasteiger partial charge in [0.15, 0.2) is 11.6 Å². The highest BCUT2D eigenvalue weighted by molar-refractivity contribution is 6.32. The summed E-state index contributed by atoms with van der Waals surface area (Å²) < 4.78 is 5.89. The van der Waals surface area contributed by atoms with Crippen LogP contribution in [0, 0.1) is 6.92 Å². The molecular formula is C21H13ClO3. The van der Waals surface area contributed by atoms with Crippen LogP contribution in [0.4, 0.5) is 0 Å². The maximum atomic E-state index is 12.9. The van der Waals surface area contributed by atoms with Crippen LogP contribution in [0.2, 0.25) is 5.02 Å². The van der Waals surface area contributed by atoms with Gasteiger partial charge in [-0.25, -0.2) is 0 Å². The molecule has 0 N–H and O–H groups in total. The number of carbonyl (C=O) groups excluding carboxylic acids is 2. The first kappa shape index (κ1) is 15.6. The molecule has 4 heteroatoms. The molecule has 122 valence electrons. The predicted octanol–water partition coefficient (Wildman–Crippen LogP) is 5.22. The molecule has 0 unspecified atom stereocenters. The maximum absolute atomic E-state index is 12.9. The van der Waals surface area contributed by atoms with Crippen molar-refractivity contribution in [2.24, 2.45) is 0 Å². The standard InChI is InChI=1S/C21H13ClO3/c1-12-9-10-17(16(22)11-12)25-18-8-4-7-15-19(18)21(24)14-6-3-2-5-13(14)20(15)23/h2-11H,1H3. The molecular weight excluding hydrogens is 336 g/mol. The minimum atomic E-state index is -0.218. The zero-order valence-corrected chi connectivity index (χ0v) is 14.1. The molecule has 3 aromatic carbocycles. The number of hydrogen-bond donors (Lipinski definition) is 0. The van der Waals surface area contributed by atoms with E-state index in [4.69, 9.17) is 16.3 Å². The highest BCUT2D eigenvalue weighted by atomic mass is 35.5. The van der Waals surface area contributed by atoms with E-state index in [9.17, 15) is 9.59 Å². The van der Waals surface area contributed by atoms with Crippen molar-refractivity contribution < 1.29 is 14.3 Å². The summed E-state index contributed by atoms with van der Waals surface area (Å²) in [5.41, 5.74) is 2.46. The number of aryl methyl sites for hydroxylation is 1. The summed E-state index contributed by atoms with van der Waals surface area (Å²) in [5, 5.41) is 0.451. The lowest BCUT2D eigenvalue weighted by atomic mass is 9.83. The van der Waals surface area contributed by atoms with Gasteiger partial charge in [-0.2, -0.15) is 0 Å². The molecule has 0 saturated carbocycles. The van der Waals surface area contributed by atoms with Crippen LogP contribution < -0.4 is 4.74 Å². The average molecular weight is 349 g/mol. The van der Waals surface area contributed by atoms with Crippen molar-refractivity contribution in [3.8, 4) is 11.5 Å². The summed E-state index contributed by atoms with van der Waals surface area (Å²) in [4.78, 5) is 25.7. The minimum Gasteiger partial charge on any atom is -0.455 e. The quantitative estimate of drug-likeness (QED) is 0.499. The van der Waals surface area contributed by atoms with Gasteiger partial charge < -0.3 is 4.74 Å². The second kappa shape index (κ2) is 5.87. The number of benzene rings is 3. The molecule has 0 atom stereocenters. The number of hydrogen-bond acceptors (Lipinski definition) is 3. The van der Waals surface area contributed by atoms with Gasteiger partial charge in [0.2, 0.25) is 0 Å². The molecule has 3 aromatic rings. The number of ketones is 2. The van der Waals surface area contributed by atoms with E-state index in [0.29, 0.717) is 33.2 Å². The van der Waals surface area contributed by atoms with Crippen molar-refractivity contribution in [3.63, 3.8) is 0 Å². The van der Waals surface area contributed by atoms with Gasteiger partial charge in [0.25, 0.3) is 0 Å². The van der Waals surface area contributed by atoms with Crippen molar-refractivity contribution in [1.82, 2.24) is 0 Å². The molecule has 0 radical (unpaired) electrons. The fourth-order valence-corrected chi connectivity index (χ4v) is 3.28. The van der Waals surface area contributed by atoms with E-state index in [1.54, 1.807) is 54.6 Å². The first-order valence-electron chi connectivity index (χ1n) is 7.81. The molecule has 0 fully saturated rings. The number of rotatable bonds is 2. The van der Waals surface area contributed by atoms with Crippen molar-refractivity contribution in [1.29, 1.82) is 0 Å². The van der Waals surface area contributed by atoms with Gasteiger partial charge in [-0.3, -0.25) is 9.59 Å². The molecule has 0 aliphatic heterocycles. The largest absolute Gasteiger partial charge is 0.455 e. The fraction of sp³-hybridized carbons (Fsp3) is 0.0476. The number of halogens is 1. The van der Waals surface area contributed by atoms with Crippen LogP contribution >= 0.6 is 11.6 Å². The Hall–Kier alpha value is -2.91. The van der Waals surface area contributed by atoms with E-state index in [2.05, 4.69) is 0 Å². The molecule has 0 heterocycles. The summed E-state index contributed by atoms with van der Waals surface area (Å²) in [6.45, 7) is 1.93. The molecule has 25 heavy (non-hydrogen) atoms. The van der Waals surface area contributed by atoms with Crippen molar-refractivity contribution >= 4 is 23.2 Å². The number of ether oxygens (including phenoxy) is 1. The predicted molar refractivity (Wildman–Crippen MR) is 96.0 cm³/mol. The van der Waals surface area contributed by atoms with E-state index in [1.165, 1.54) is 0 Å². The van der Waals surface area contributed by atoms with Crippen molar-refractivity contribution in [2.45, 2.75) is 6.92 Å². The summed E-state index contributed by atoms with van der Waals surface area (Å²) in [6.07, 6.45) is 0. The zero-order valence-electron chi connectivity index (χ0n) is 13.4. The van der Waals surface area contributed by atoms with Gasteiger partial charge >= 0.3 is 0 Å². The molecule has 3 nitrogen and oxygen atoms in total. The Balaban J connectivity index is 1.85. The Morgan fingerprint density at radius 1 is 0.760 bits per heavy atom. The Labute approximate surface area is 149 Å². The summed E-state index contributed by atoms with van der Waals surface area (Å²) in [5.74, 6) is 0.380. The van der Waals surface area contributed by atoms with E-state index < -0.39 is 0 Å². The molecule has 0 amide bonds. The second-order valence-corrected chi connectivity index (χ2v) is 6.33. The van der Waals surface area contributed by atoms with Crippen LogP contribution in [-0.2, 0) is 0 Å². The van der Waals surface area contributed by atoms with Gasteiger partial charge in [-0.15, -0.1) is 0 Å². The van der Waals surface area contributed by atoms with Gasteiger partial charge in [0, 0.05) is 16.7 Å². The third-order valence-electron chi connectivity index (χ3n) is 4.22. The van der Waals surface area contributed by atoms with E-state index in [1.807, 2.05) is 13.0 Å². The van der Waals surface area contributed by atoms with Gasteiger partial charge in [0.05, 0.1) is 10.6 Å². The van der Waals surface area contributed by atoms with Crippen LogP contribution in [0.5, 0.6) is 11.5 Å². The molecule has 0 aromatic heterocycles.